The minimum Gasteiger partial charge on any atom is -0.461 e. The van der Waals surface area contributed by atoms with Crippen LogP contribution in [0, 0.1) is 0 Å². The average Bonchev–Trinajstić information content (AvgIpc) is 3.27. The fourth-order valence-corrected chi connectivity index (χ4v) is 6.91. The molecule has 0 aromatic heterocycles. The Morgan fingerprint density at radius 1 is 0.485 bits per heavy atom. The van der Waals surface area contributed by atoms with E-state index in [-0.39, 0.29) is 26.1 Å². The fraction of sp³-hybridized carbons (Fsp3) is 0.607. The summed E-state index contributed by atoms with van der Waals surface area (Å²) in [6.45, 7) is 4.06. The van der Waals surface area contributed by atoms with E-state index in [2.05, 4.69) is 117 Å². The molecule has 1 N–H and O–H groups in total. The lowest BCUT2D eigenvalue weighted by Gasteiger charge is -2.24. The molecule has 0 aliphatic rings. The molecule has 0 aliphatic heterocycles. The zero-order valence-electron chi connectivity index (χ0n) is 42.1. The monoisotopic (exact) mass is 939 g/mol. The van der Waals surface area contributed by atoms with Gasteiger partial charge in [-0.05, 0) is 83.5 Å². The van der Waals surface area contributed by atoms with Crippen LogP contribution in [0.4, 0.5) is 0 Å². The number of carbonyl (C=O) groups excluding carboxylic acids is 2. The lowest BCUT2D eigenvalue weighted by Crippen LogP contribution is -2.37. The first-order valence-corrected chi connectivity index (χ1v) is 26.8. The summed E-state index contributed by atoms with van der Waals surface area (Å²) in [6, 6.07) is 0. The number of phosphoric ester groups is 1. The molecular weight excluding hydrogens is 846 g/mol. The number of likely N-dealkylation sites (N-methyl/N-ethyl adjacent to an activating group) is 1. The third kappa shape index (κ3) is 49.8. The molecule has 0 spiro atoms. The van der Waals surface area contributed by atoms with Gasteiger partial charge in [-0.3, -0.25) is 18.6 Å². The number of nitrogens with zero attached hydrogens (tertiary/aromatic N) is 1. The molecule has 0 aromatic rings. The molecule has 9 nitrogen and oxygen atoms in total. The van der Waals surface area contributed by atoms with E-state index < -0.39 is 32.5 Å². The van der Waals surface area contributed by atoms with E-state index in [1.165, 1.54) is 44.9 Å². The molecule has 66 heavy (non-hydrogen) atoms. The lowest BCUT2D eigenvalue weighted by molar-refractivity contribution is -0.870. The molecule has 0 saturated heterocycles. The summed E-state index contributed by atoms with van der Waals surface area (Å²) < 4.78 is 34.3. The van der Waals surface area contributed by atoms with E-state index in [9.17, 15) is 19.0 Å². The van der Waals surface area contributed by atoms with E-state index in [1.54, 1.807) is 6.08 Å². The number of hydrogen-bond acceptors (Lipinski definition) is 7. The molecule has 374 valence electrons. The molecule has 0 saturated carbocycles. The maximum absolute atomic E-state index is 12.8. The van der Waals surface area contributed by atoms with Gasteiger partial charge in [0, 0.05) is 6.42 Å². The first-order chi connectivity index (χ1) is 32.0. The predicted octanol–water partition coefficient (Wildman–Crippen LogP) is 15.2. The minimum absolute atomic E-state index is 0.0109. The van der Waals surface area contributed by atoms with Crippen LogP contribution in [0.3, 0.4) is 0 Å². The highest BCUT2D eigenvalue weighted by Crippen LogP contribution is 2.43. The molecule has 2 atom stereocenters. The zero-order valence-corrected chi connectivity index (χ0v) is 43.0. The van der Waals surface area contributed by atoms with Crippen LogP contribution in [0.5, 0.6) is 0 Å². The van der Waals surface area contributed by atoms with Crippen LogP contribution < -0.4 is 0 Å². The second-order valence-electron chi connectivity index (χ2n) is 17.5. The van der Waals surface area contributed by atoms with Gasteiger partial charge in [-0.2, -0.15) is 0 Å². The van der Waals surface area contributed by atoms with Crippen molar-refractivity contribution in [2.75, 3.05) is 47.5 Å². The van der Waals surface area contributed by atoms with Crippen LogP contribution in [-0.2, 0) is 32.7 Å². The van der Waals surface area contributed by atoms with Crippen molar-refractivity contribution in [3.8, 4) is 0 Å². The number of rotatable bonds is 44. The number of hydrogen-bond donors (Lipinski definition) is 1. The Hall–Kier alpha value is -3.59. The van der Waals surface area contributed by atoms with Crippen LogP contribution in [0.15, 0.2) is 122 Å². The van der Waals surface area contributed by atoms with Crippen molar-refractivity contribution in [2.24, 2.45) is 0 Å². The van der Waals surface area contributed by atoms with Crippen LogP contribution in [0.2, 0.25) is 0 Å². The Morgan fingerprint density at radius 2 is 0.864 bits per heavy atom. The van der Waals surface area contributed by atoms with Crippen LogP contribution in [0.25, 0.3) is 0 Å². The summed E-state index contributed by atoms with van der Waals surface area (Å²) in [7, 11) is 1.41. The van der Waals surface area contributed by atoms with Crippen LogP contribution in [-0.4, -0.2) is 74.9 Å². The van der Waals surface area contributed by atoms with Gasteiger partial charge in [0.25, 0.3) is 0 Å². The first-order valence-electron chi connectivity index (χ1n) is 25.3. The number of ether oxygens (including phenoxy) is 2. The summed E-state index contributed by atoms with van der Waals surface area (Å²) in [6.07, 6.45) is 65.7. The quantitative estimate of drug-likeness (QED) is 0.0212. The number of phosphoric acid groups is 1. The van der Waals surface area contributed by atoms with Gasteiger partial charge < -0.3 is 18.9 Å². The van der Waals surface area contributed by atoms with Crippen molar-refractivity contribution in [2.45, 2.75) is 174 Å². The molecule has 0 amide bonds. The van der Waals surface area contributed by atoms with Gasteiger partial charge in [0.15, 0.2) is 6.10 Å². The van der Waals surface area contributed by atoms with Crippen molar-refractivity contribution in [1.82, 2.24) is 0 Å². The normalized spacial score (nSPS) is 14.5. The molecule has 0 bridgehead atoms. The molecule has 10 heteroatoms. The molecule has 2 unspecified atom stereocenters. The highest BCUT2D eigenvalue weighted by molar-refractivity contribution is 7.47. The summed E-state index contributed by atoms with van der Waals surface area (Å²) in [5.74, 6) is -0.960. The maximum Gasteiger partial charge on any atom is 0.472 e. The highest BCUT2D eigenvalue weighted by atomic mass is 31.2. The second kappa shape index (κ2) is 46.5. The number of carbonyl (C=O) groups is 2. The summed E-state index contributed by atoms with van der Waals surface area (Å²) in [5.41, 5.74) is 0. The van der Waals surface area contributed by atoms with Gasteiger partial charge in [0.1, 0.15) is 19.8 Å². The Bertz CT molecular complexity index is 1530. The minimum atomic E-state index is -4.41. The molecule has 0 aliphatic carbocycles. The van der Waals surface area contributed by atoms with Crippen LogP contribution in [0.1, 0.15) is 168 Å². The van der Waals surface area contributed by atoms with Gasteiger partial charge in [-0.25, -0.2) is 4.57 Å². The Kier molecular flexibility index (Phi) is 44.0. The van der Waals surface area contributed by atoms with Crippen molar-refractivity contribution < 1.29 is 42.1 Å². The van der Waals surface area contributed by atoms with Gasteiger partial charge in [-0.1, -0.05) is 193 Å². The van der Waals surface area contributed by atoms with Crippen molar-refractivity contribution in [1.29, 1.82) is 0 Å². The van der Waals surface area contributed by atoms with Crippen molar-refractivity contribution >= 4 is 19.8 Å². The number of unbranched alkanes of at least 4 members (excludes halogenated alkanes) is 11. The molecule has 0 rings (SSSR count). The largest absolute Gasteiger partial charge is 0.472 e. The first kappa shape index (κ1) is 62.4. The topological polar surface area (TPSA) is 108 Å². The summed E-state index contributed by atoms with van der Waals surface area (Å²) in [4.78, 5) is 35.4. The number of allylic oxidation sites excluding steroid dienone is 19. The molecule has 0 aromatic carbocycles. The van der Waals surface area contributed by atoms with Crippen molar-refractivity contribution in [3.05, 3.63) is 122 Å². The van der Waals surface area contributed by atoms with E-state index in [1.807, 2.05) is 33.3 Å². The van der Waals surface area contributed by atoms with Gasteiger partial charge in [0.2, 0.25) is 0 Å². The molecule has 0 heterocycles. The van der Waals surface area contributed by atoms with E-state index in [0.29, 0.717) is 23.9 Å². The fourth-order valence-electron chi connectivity index (χ4n) is 6.17. The van der Waals surface area contributed by atoms with Crippen molar-refractivity contribution in [3.63, 3.8) is 0 Å². The third-order valence-electron chi connectivity index (χ3n) is 10.0. The average molecular weight is 939 g/mol. The maximum atomic E-state index is 12.8. The van der Waals surface area contributed by atoms with E-state index in [0.717, 1.165) is 83.5 Å². The Balaban J connectivity index is 4.32. The highest BCUT2D eigenvalue weighted by Gasteiger charge is 2.27. The smallest absolute Gasteiger partial charge is 0.461 e. The molecular formula is C56H93NO8P+. The SMILES string of the molecule is CC/C=C\C/C=C\C/C=C\C/C=C\C/C=C\CCCCCCCCCCCCCC(=O)OC(COC(=O)C/C=C\C/C=C\C/C=C\C/C=C\C/C=C\CC)COP(=O)(O)OCC[N+](C)(C)C. The Labute approximate surface area is 403 Å². The number of quaternary nitrogens is 1. The van der Waals surface area contributed by atoms with Gasteiger partial charge in [-0.15, -0.1) is 0 Å². The van der Waals surface area contributed by atoms with E-state index in [4.69, 9.17) is 18.5 Å². The predicted molar refractivity (Wildman–Crippen MR) is 279 cm³/mol. The third-order valence-corrected chi connectivity index (χ3v) is 11.0. The molecule has 0 radical (unpaired) electrons. The standard InChI is InChI=1S/C56H92NO8P/c1-6-8-10-12-14-16-18-20-22-23-24-25-26-27-28-29-30-31-32-33-35-37-39-41-43-45-47-49-56(59)65-54(53-64-66(60,61)63-51-50-57(3,4)5)52-62-55(58)48-46-44-42-40-38-36-34-21-19-17-15-13-11-9-7-2/h8-11,14-17,20-22,24-25,27-28,34,38,40,44,46,54H,6-7,12-13,18-19,23,26,29-33,35-37,39,41-43,45,47-53H2,1-5H3/p+1/b10-8-,11-9-,16-14-,17-15-,22-20-,25-24-,28-27-,34-21-,40-38-,46-44-. The zero-order chi connectivity index (χ0) is 48.5. The Morgan fingerprint density at radius 3 is 1.29 bits per heavy atom. The van der Waals surface area contributed by atoms with Gasteiger partial charge >= 0.3 is 19.8 Å². The number of esters is 2. The van der Waals surface area contributed by atoms with E-state index >= 15 is 0 Å². The second-order valence-corrected chi connectivity index (χ2v) is 18.9. The van der Waals surface area contributed by atoms with Crippen LogP contribution >= 0.6 is 7.82 Å². The lowest BCUT2D eigenvalue weighted by atomic mass is 10.0. The van der Waals surface area contributed by atoms with Gasteiger partial charge in [0.05, 0.1) is 34.2 Å². The summed E-state index contributed by atoms with van der Waals surface area (Å²) in [5, 5.41) is 0. The summed E-state index contributed by atoms with van der Waals surface area (Å²) >= 11 is 0. The molecule has 0 fully saturated rings.